The van der Waals surface area contributed by atoms with E-state index >= 15 is 0 Å². The molecule has 1 atom stereocenters. The number of hydrogen-bond acceptors (Lipinski definition) is 5. The van der Waals surface area contributed by atoms with Crippen molar-refractivity contribution in [1.82, 2.24) is 4.98 Å². The van der Waals surface area contributed by atoms with Gasteiger partial charge in [0.1, 0.15) is 11.8 Å². The molecule has 1 aliphatic rings. The molecule has 3 rings (SSSR count). The molecule has 1 unspecified atom stereocenters. The monoisotopic (exact) mass is 361 g/mol. The van der Waals surface area contributed by atoms with Crippen molar-refractivity contribution in [3.63, 3.8) is 0 Å². The average molecular weight is 361 g/mol. The van der Waals surface area contributed by atoms with Crippen LogP contribution in [0.3, 0.4) is 0 Å². The standard InChI is InChI=1S/C21H23N5O/c1-11-12(2)19(25-10-13(11)9-22)20(27)26-14-5-6-17(23)15(7-14)18(24)16-8-21(16,3)4/h5-7,10,16,24H,8,23H2,1-4H3,(H,26,27). The van der Waals surface area contributed by atoms with Gasteiger partial charge in [0.05, 0.1) is 5.56 Å². The van der Waals surface area contributed by atoms with E-state index in [4.69, 9.17) is 16.4 Å². The SMILES string of the molecule is Cc1c(C#N)cnc(C(=O)Nc2ccc(N)c(C(=N)C3CC3(C)C)c2)c1C. The third-order valence-electron chi connectivity index (χ3n) is 5.44. The van der Waals surface area contributed by atoms with E-state index in [1.165, 1.54) is 6.20 Å². The van der Waals surface area contributed by atoms with E-state index in [9.17, 15) is 4.79 Å². The number of amides is 1. The number of rotatable bonds is 4. The van der Waals surface area contributed by atoms with Crippen molar-refractivity contribution in [2.75, 3.05) is 11.1 Å². The fraction of sp³-hybridized carbons (Fsp3) is 0.333. The van der Waals surface area contributed by atoms with Crippen LogP contribution in [-0.4, -0.2) is 16.6 Å². The Morgan fingerprint density at radius 3 is 2.63 bits per heavy atom. The summed E-state index contributed by atoms with van der Waals surface area (Å²) in [7, 11) is 0. The van der Waals surface area contributed by atoms with E-state index in [1.54, 1.807) is 32.0 Å². The maximum absolute atomic E-state index is 12.7. The largest absolute Gasteiger partial charge is 0.398 e. The van der Waals surface area contributed by atoms with E-state index in [0.717, 1.165) is 12.0 Å². The average Bonchev–Trinajstić information content (AvgIpc) is 3.26. The van der Waals surface area contributed by atoms with E-state index in [1.807, 2.05) is 0 Å². The van der Waals surface area contributed by atoms with Crippen molar-refractivity contribution in [2.45, 2.75) is 34.1 Å². The lowest BCUT2D eigenvalue weighted by Gasteiger charge is -2.13. The number of carbonyl (C=O) groups is 1. The van der Waals surface area contributed by atoms with E-state index in [0.29, 0.717) is 33.8 Å². The van der Waals surface area contributed by atoms with Crippen LogP contribution in [0.2, 0.25) is 0 Å². The summed E-state index contributed by atoms with van der Waals surface area (Å²) in [5.41, 5.74) is 10.6. The van der Waals surface area contributed by atoms with Gasteiger partial charge in [0.2, 0.25) is 0 Å². The molecule has 1 aromatic heterocycles. The first kappa shape index (κ1) is 18.6. The van der Waals surface area contributed by atoms with Crippen molar-refractivity contribution in [3.8, 4) is 6.07 Å². The first-order valence-electron chi connectivity index (χ1n) is 8.81. The van der Waals surface area contributed by atoms with Gasteiger partial charge < -0.3 is 16.5 Å². The Bertz CT molecular complexity index is 1000. The number of aromatic nitrogens is 1. The van der Waals surface area contributed by atoms with Gasteiger partial charge in [0, 0.05) is 34.8 Å². The van der Waals surface area contributed by atoms with Gasteiger partial charge in [0.15, 0.2) is 0 Å². The fourth-order valence-electron chi connectivity index (χ4n) is 3.25. The van der Waals surface area contributed by atoms with Crippen LogP contribution in [0, 0.1) is 41.9 Å². The van der Waals surface area contributed by atoms with Crippen molar-refractivity contribution in [1.29, 1.82) is 10.7 Å². The first-order chi connectivity index (χ1) is 12.7. The minimum absolute atomic E-state index is 0.129. The predicted molar refractivity (Wildman–Crippen MR) is 106 cm³/mol. The van der Waals surface area contributed by atoms with Crippen LogP contribution in [0.15, 0.2) is 24.4 Å². The molecule has 27 heavy (non-hydrogen) atoms. The predicted octanol–water partition coefficient (Wildman–Crippen LogP) is 3.82. The number of nitrogen functional groups attached to an aromatic ring is 1. The number of nitriles is 1. The second kappa shape index (κ2) is 6.51. The van der Waals surface area contributed by atoms with E-state index in [2.05, 4.69) is 30.2 Å². The molecule has 1 fully saturated rings. The minimum atomic E-state index is -0.353. The van der Waals surface area contributed by atoms with Gasteiger partial charge in [-0.1, -0.05) is 13.8 Å². The number of nitrogens with two attached hydrogens (primary N) is 1. The third kappa shape index (κ3) is 3.41. The normalized spacial score (nSPS) is 17.1. The van der Waals surface area contributed by atoms with Gasteiger partial charge in [-0.2, -0.15) is 5.26 Å². The molecular formula is C21H23N5O. The number of hydrogen-bond donors (Lipinski definition) is 3. The zero-order chi connectivity index (χ0) is 19.9. The van der Waals surface area contributed by atoms with Crippen LogP contribution < -0.4 is 11.1 Å². The van der Waals surface area contributed by atoms with E-state index in [-0.39, 0.29) is 22.9 Å². The number of benzene rings is 1. The maximum Gasteiger partial charge on any atom is 0.274 e. The molecular weight excluding hydrogens is 338 g/mol. The van der Waals surface area contributed by atoms with Gasteiger partial charge in [-0.05, 0) is 55.0 Å². The first-order valence-corrected chi connectivity index (χ1v) is 8.81. The van der Waals surface area contributed by atoms with Gasteiger partial charge in [0.25, 0.3) is 5.91 Å². The van der Waals surface area contributed by atoms with Crippen molar-refractivity contribution < 1.29 is 4.79 Å². The summed E-state index contributed by atoms with van der Waals surface area (Å²) in [6.45, 7) is 7.84. The zero-order valence-corrected chi connectivity index (χ0v) is 16.0. The van der Waals surface area contributed by atoms with Crippen LogP contribution in [0.4, 0.5) is 11.4 Å². The smallest absolute Gasteiger partial charge is 0.274 e. The number of pyridine rings is 1. The zero-order valence-electron chi connectivity index (χ0n) is 16.0. The van der Waals surface area contributed by atoms with Crippen molar-refractivity contribution in [3.05, 3.63) is 52.3 Å². The molecule has 2 aromatic rings. The fourth-order valence-corrected chi connectivity index (χ4v) is 3.25. The van der Waals surface area contributed by atoms with Crippen molar-refractivity contribution >= 4 is 23.0 Å². The highest BCUT2D eigenvalue weighted by atomic mass is 16.1. The van der Waals surface area contributed by atoms with Crippen LogP contribution in [0.5, 0.6) is 0 Å². The molecule has 0 saturated heterocycles. The Balaban J connectivity index is 1.86. The molecule has 0 aliphatic heterocycles. The summed E-state index contributed by atoms with van der Waals surface area (Å²) in [5, 5.41) is 20.4. The third-order valence-corrected chi connectivity index (χ3v) is 5.44. The van der Waals surface area contributed by atoms with Gasteiger partial charge in [-0.15, -0.1) is 0 Å². The minimum Gasteiger partial charge on any atom is -0.398 e. The quantitative estimate of drug-likeness (QED) is 0.567. The van der Waals surface area contributed by atoms with E-state index < -0.39 is 0 Å². The molecule has 4 N–H and O–H groups in total. The molecule has 1 saturated carbocycles. The highest BCUT2D eigenvalue weighted by molar-refractivity contribution is 6.08. The maximum atomic E-state index is 12.7. The van der Waals surface area contributed by atoms with Gasteiger partial charge in [-0.3, -0.25) is 4.79 Å². The number of anilines is 2. The molecule has 0 spiro atoms. The highest BCUT2D eigenvalue weighted by Crippen LogP contribution is 2.53. The lowest BCUT2D eigenvalue weighted by molar-refractivity contribution is 0.102. The summed E-state index contributed by atoms with van der Waals surface area (Å²) in [4.78, 5) is 16.8. The topological polar surface area (TPSA) is 116 Å². The van der Waals surface area contributed by atoms with Gasteiger partial charge in [-0.25, -0.2) is 4.98 Å². The number of carbonyl (C=O) groups excluding carboxylic acids is 1. The molecule has 1 amide bonds. The Morgan fingerprint density at radius 2 is 2.04 bits per heavy atom. The Labute approximate surface area is 158 Å². The Morgan fingerprint density at radius 1 is 1.37 bits per heavy atom. The van der Waals surface area contributed by atoms with Crippen LogP contribution in [0.1, 0.15) is 53.0 Å². The number of nitrogens with zero attached hydrogens (tertiary/aromatic N) is 2. The summed E-state index contributed by atoms with van der Waals surface area (Å²) in [5.74, 6) is -0.162. The molecule has 1 aliphatic carbocycles. The lowest BCUT2D eigenvalue weighted by atomic mass is 9.98. The number of nitrogens with one attached hydrogen (secondary N) is 2. The van der Waals surface area contributed by atoms with Crippen LogP contribution in [-0.2, 0) is 0 Å². The lowest BCUT2D eigenvalue weighted by Crippen LogP contribution is -2.17. The molecule has 6 nitrogen and oxygen atoms in total. The summed E-state index contributed by atoms with van der Waals surface area (Å²) in [6, 6.07) is 7.24. The second-order valence-electron chi connectivity index (χ2n) is 7.80. The molecule has 0 radical (unpaired) electrons. The molecule has 0 bridgehead atoms. The summed E-state index contributed by atoms with van der Waals surface area (Å²) < 4.78 is 0. The molecule has 6 heteroatoms. The van der Waals surface area contributed by atoms with Gasteiger partial charge >= 0.3 is 0 Å². The highest BCUT2D eigenvalue weighted by Gasteiger charge is 2.48. The second-order valence-corrected chi connectivity index (χ2v) is 7.80. The Hall–Kier alpha value is -3.20. The Kier molecular flexibility index (Phi) is 4.48. The molecule has 1 aromatic carbocycles. The summed E-state index contributed by atoms with van der Waals surface area (Å²) in [6.07, 6.45) is 2.38. The molecule has 138 valence electrons. The van der Waals surface area contributed by atoms with Crippen molar-refractivity contribution in [2.24, 2.45) is 11.3 Å². The molecule has 1 heterocycles. The summed E-state index contributed by atoms with van der Waals surface area (Å²) >= 11 is 0. The van der Waals surface area contributed by atoms with Crippen LogP contribution >= 0.6 is 0 Å². The van der Waals surface area contributed by atoms with Crippen LogP contribution in [0.25, 0.3) is 0 Å².